The van der Waals surface area contributed by atoms with Crippen LogP contribution in [0, 0.1) is 0 Å². The first kappa shape index (κ1) is 18.1. The molecule has 6 heteroatoms. The van der Waals surface area contributed by atoms with Crippen molar-refractivity contribution in [3.8, 4) is 0 Å². The molecular weight excluding hydrogens is 290 g/mol. The average molecular weight is 322 g/mol. The monoisotopic (exact) mass is 321 g/mol. The van der Waals surface area contributed by atoms with Crippen molar-refractivity contribution in [1.29, 1.82) is 0 Å². The summed E-state index contributed by atoms with van der Waals surface area (Å²) >= 11 is 0. The lowest BCUT2D eigenvalue weighted by molar-refractivity contribution is 0.0726. The summed E-state index contributed by atoms with van der Waals surface area (Å²) < 4.78 is 31.7. The fourth-order valence-corrected chi connectivity index (χ4v) is 4.55. The maximum Gasteiger partial charge on any atom is 0.211 e. The summed E-state index contributed by atoms with van der Waals surface area (Å²) in [6, 6.07) is -0.00660. The van der Waals surface area contributed by atoms with Gasteiger partial charge in [-0.1, -0.05) is 33.6 Å². The van der Waals surface area contributed by atoms with Crippen molar-refractivity contribution in [3.05, 3.63) is 0 Å². The van der Waals surface area contributed by atoms with Crippen LogP contribution in [-0.4, -0.2) is 46.5 Å². The first-order valence-corrected chi connectivity index (χ1v) is 12.2. The number of rotatable bonds is 4. The Hall–Kier alpha value is 0.0869. The van der Waals surface area contributed by atoms with Crippen LogP contribution < -0.4 is 0 Å². The van der Waals surface area contributed by atoms with Gasteiger partial charge >= 0.3 is 0 Å². The average Bonchev–Trinajstić information content (AvgIpc) is 2.25. The van der Waals surface area contributed by atoms with Crippen LogP contribution in [0.15, 0.2) is 0 Å². The number of sulfonamides is 1. The van der Waals surface area contributed by atoms with Crippen LogP contribution >= 0.6 is 0 Å². The Bertz CT molecular complexity index is 428. The van der Waals surface area contributed by atoms with Crippen LogP contribution in [0.25, 0.3) is 0 Å². The van der Waals surface area contributed by atoms with Gasteiger partial charge in [0.25, 0.3) is 0 Å². The molecule has 0 N–H and O–H groups in total. The molecule has 0 unspecified atom stereocenters. The minimum absolute atomic E-state index is 0.00660. The number of hydrogen-bond donors (Lipinski definition) is 0. The molecule has 1 rings (SSSR count). The molecule has 0 aromatic heterocycles. The molecule has 120 valence electrons. The predicted octanol–water partition coefficient (Wildman–Crippen LogP) is 3.21. The van der Waals surface area contributed by atoms with Crippen molar-refractivity contribution in [2.45, 2.75) is 76.7 Å². The fraction of sp³-hybridized carbons (Fsp3) is 1.00. The van der Waals surface area contributed by atoms with Crippen molar-refractivity contribution < 1.29 is 12.8 Å². The minimum atomic E-state index is -3.16. The van der Waals surface area contributed by atoms with E-state index in [0.717, 1.165) is 25.7 Å². The van der Waals surface area contributed by atoms with Crippen LogP contribution in [0.4, 0.5) is 0 Å². The molecule has 1 aliphatic rings. The van der Waals surface area contributed by atoms with E-state index in [4.69, 9.17) is 4.43 Å². The highest BCUT2D eigenvalue weighted by Gasteiger charge is 2.42. The molecule has 0 saturated heterocycles. The van der Waals surface area contributed by atoms with Gasteiger partial charge in [0.2, 0.25) is 10.0 Å². The highest BCUT2D eigenvalue weighted by atomic mass is 32.2. The number of likely N-dealkylation sites (N-methyl/N-ethyl adjacent to an activating group) is 1. The van der Waals surface area contributed by atoms with Gasteiger partial charge in [0.15, 0.2) is 8.32 Å². The molecule has 1 saturated carbocycles. The molecule has 0 aromatic rings. The lowest BCUT2D eigenvalue weighted by Gasteiger charge is -2.44. The molecule has 2 atom stereocenters. The second-order valence-corrected chi connectivity index (χ2v) is 14.3. The van der Waals surface area contributed by atoms with Crippen molar-refractivity contribution >= 4 is 18.3 Å². The first-order valence-electron chi connectivity index (χ1n) is 7.47. The third-order valence-electron chi connectivity index (χ3n) is 4.91. The highest BCUT2D eigenvalue weighted by Crippen LogP contribution is 2.39. The van der Waals surface area contributed by atoms with E-state index < -0.39 is 18.3 Å². The molecule has 4 nitrogen and oxygen atoms in total. The summed E-state index contributed by atoms with van der Waals surface area (Å²) in [7, 11) is -3.33. The van der Waals surface area contributed by atoms with Crippen LogP contribution in [0.3, 0.4) is 0 Å². The molecule has 0 spiro atoms. The lowest BCUT2D eigenvalue weighted by atomic mass is 9.93. The molecule has 0 aliphatic heterocycles. The summed E-state index contributed by atoms with van der Waals surface area (Å²) in [6.07, 6.45) is 5.42. The smallest absolute Gasteiger partial charge is 0.211 e. The van der Waals surface area contributed by atoms with E-state index in [-0.39, 0.29) is 17.2 Å². The van der Waals surface area contributed by atoms with Gasteiger partial charge in [0.1, 0.15) is 0 Å². The lowest BCUT2D eigenvalue weighted by Crippen LogP contribution is -2.53. The highest BCUT2D eigenvalue weighted by molar-refractivity contribution is 7.88. The van der Waals surface area contributed by atoms with Crippen molar-refractivity contribution in [2.24, 2.45) is 0 Å². The van der Waals surface area contributed by atoms with Gasteiger partial charge in [-0.3, -0.25) is 0 Å². The Balaban J connectivity index is 2.91. The molecule has 0 heterocycles. The zero-order chi connectivity index (χ0) is 15.8. The Morgan fingerprint density at radius 3 is 2.10 bits per heavy atom. The Morgan fingerprint density at radius 1 is 1.15 bits per heavy atom. The van der Waals surface area contributed by atoms with Crippen molar-refractivity contribution in [2.75, 3.05) is 13.3 Å². The second kappa shape index (κ2) is 6.06. The molecule has 0 radical (unpaired) electrons. The van der Waals surface area contributed by atoms with Gasteiger partial charge in [-0.2, -0.15) is 4.31 Å². The van der Waals surface area contributed by atoms with Crippen LogP contribution in [0.2, 0.25) is 18.1 Å². The van der Waals surface area contributed by atoms with E-state index in [1.807, 2.05) is 0 Å². The Kier molecular flexibility index (Phi) is 5.50. The van der Waals surface area contributed by atoms with E-state index in [0.29, 0.717) is 0 Å². The summed E-state index contributed by atoms with van der Waals surface area (Å²) in [5.41, 5.74) is 0. The minimum Gasteiger partial charge on any atom is -0.412 e. The maximum atomic E-state index is 11.8. The van der Waals surface area contributed by atoms with Crippen LogP contribution in [-0.2, 0) is 14.4 Å². The SMILES string of the molecule is CN([C@@H]1CCCC[C@H]1O[Si](C)(C)C(C)(C)C)S(C)(=O)=O. The molecule has 0 amide bonds. The number of hydrogen-bond acceptors (Lipinski definition) is 3. The first-order chi connectivity index (χ1) is 8.86. The van der Waals surface area contributed by atoms with E-state index in [2.05, 4.69) is 33.9 Å². The largest absolute Gasteiger partial charge is 0.412 e. The van der Waals surface area contributed by atoms with Crippen LogP contribution in [0.5, 0.6) is 0 Å². The maximum absolute atomic E-state index is 11.8. The van der Waals surface area contributed by atoms with Gasteiger partial charge in [-0.15, -0.1) is 0 Å². The topological polar surface area (TPSA) is 46.6 Å². The molecule has 0 bridgehead atoms. The quantitative estimate of drug-likeness (QED) is 0.747. The fourth-order valence-electron chi connectivity index (χ4n) is 2.43. The predicted molar refractivity (Wildman–Crippen MR) is 86.9 cm³/mol. The van der Waals surface area contributed by atoms with Gasteiger partial charge < -0.3 is 4.43 Å². The standard InChI is InChI=1S/C14H31NO3SSi/c1-14(2,3)20(6,7)18-13-11-9-8-10-12(13)15(4)19(5,16)17/h12-13H,8-11H2,1-7H3/t12-,13-/m1/s1. The molecular formula is C14H31NO3SSi. The second-order valence-electron chi connectivity index (χ2n) is 7.55. The van der Waals surface area contributed by atoms with Gasteiger partial charge in [-0.25, -0.2) is 8.42 Å². The number of nitrogens with zero attached hydrogens (tertiary/aromatic N) is 1. The summed E-state index contributed by atoms with van der Waals surface area (Å²) in [5.74, 6) is 0. The van der Waals surface area contributed by atoms with Crippen molar-refractivity contribution in [3.63, 3.8) is 0 Å². The molecule has 0 aromatic carbocycles. The summed E-state index contributed by atoms with van der Waals surface area (Å²) in [5, 5.41) is 0.151. The van der Waals surface area contributed by atoms with E-state index >= 15 is 0 Å². The van der Waals surface area contributed by atoms with Gasteiger partial charge in [-0.05, 0) is 31.0 Å². The van der Waals surface area contributed by atoms with E-state index in [9.17, 15) is 8.42 Å². The summed E-state index contributed by atoms with van der Waals surface area (Å²) in [6.45, 7) is 11.1. The van der Waals surface area contributed by atoms with Crippen molar-refractivity contribution in [1.82, 2.24) is 4.31 Å². The Morgan fingerprint density at radius 2 is 1.65 bits per heavy atom. The van der Waals surface area contributed by atoms with Crippen LogP contribution in [0.1, 0.15) is 46.5 Å². The zero-order valence-electron chi connectivity index (χ0n) is 14.1. The third kappa shape index (κ3) is 4.29. The normalized spacial score (nSPS) is 26.0. The molecule has 1 aliphatic carbocycles. The molecule has 1 fully saturated rings. The zero-order valence-corrected chi connectivity index (χ0v) is 15.9. The van der Waals surface area contributed by atoms with E-state index in [1.165, 1.54) is 10.6 Å². The van der Waals surface area contributed by atoms with Gasteiger partial charge in [0.05, 0.1) is 12.4 Å². The Labute approximate surface area is 126 Å². The van der Waals surface area contributed by atoms with E-state index in [1.54, 1.807) is 7.05 Å². The van der Waals surface area contributed by atoms with Gasteiger partial charge in [0, 0.05) is 13.1 Å². The molecule has 20 heavy (non-hydrogen) atoms. The summed E-state index contributed by atoms with van der Waals surface area (Å²) in [4.78, 5) is 0. The third-order valence-corrected chi connectivity index (χ3v) is 10.7.